The zero-order valence-corrected chi connectivity index (χ0v) is 8.64. The second-order valence-electron chi connectivity index (χ2n) is 3.98. The van der Waals surface area contributed by atoms with Crippen LogP contribution in [0.3, 0.4) is 0 Å². The maximum absolute atomic E-state index is 11.2. The number of likely N-dealkylation sites (N-methyl/N-ethyl adjacent to an activating group) is 1. The van der Waals surface area contributed by atoms with Crippen molar-refractivity contribution in [2.24, 2.45) is 0 Å². The predicted octanol–water partition coefficient (Wildman–Crippen LogP) is 1.04. The lowest BCUT2D eigenvalue weighted by atomic mass is 9.97. The van der Waals surface area contributed by atoms with Crippen LogP contribution in [0.25, 0.3) is 0 Å². The van der Waals surface area contributed by atoms with Gasteiger partial charge in [-0.25, -0.2) is 0 Å². The van der Waals surface area contributed by atoms with Gasteiger partial charge in [0.05, 0.1) is 0 Å². The molecule has 2 aliphatic rings. The fourth-order valence-electron chi connectivity index (χ4n) is 1.96. The van der Waals surface area contributed by atoms with Crippen LogP contribution in [0.5, 0.6) is 0 Å². The summed E-state index contributed by atoms with van der Waals surface area (Å²) in [6, 6.07) is 0.537. The molecule has 0 aromatic carbocycles. The van der Waals surface area contributed by atoms with Crippen LogP contribution in [-0.2, 0) is 4.79 Å². The monoisotopic (exact) mass is 201 g/mol. The molecule has 3 nitrogen and oxygen atoms in total. The van der Waals surface area contributed by atoms with E-state index < -0.39 is 11.5 Å². The molecule has 2 rings (SSSR count). The quantitative estimate of drug-likeness (QED) is 0.740. The van der Waals surface area contributed by atoms with Crippen LogP contribution in [0.4, 0.5) is 0 Å². The first-order valence-electron chi connectivity index (χ1n) is 4.71. The Hall–Kier alpha value is -0.220. The van der Waals surface area contributed by atoms with Gasteiger partial charge in [0.2, 0.25) is 0 Å². The Morgan fingerprint density at radius 3 is 2.69 bits per heavy atom. The molecular weight excluding hydrogens is 186 g/mol. The number of hydrogen-bond acceptors (Lipinski definition) is 3. The number of nitrogens with zero attached hydrogens (tertiary/aromatic N) is 1. The lowest BCUT2D eigenvalue weighted by Gasteiger charge is -2.34. The molecule has 0 radical (unpaired) electrons. The summed E-state index contributed by atoms with van der Waals surface area (Å²) in [5.41, 5.74) is -0.550. The summed E-state index contributed by atoms with van der Waals surface area (Å²) in [4.78, 5) is 13.3. The molecule has 2 fully saturated rings. The van der Waals surface area contributed by atoms with E-state index >= 15 is 0 Å². The molecule has 4 heteroatoms. The van der Waals surface area contributed by atoms with Crippen molar-refractivity contribution in [3.05, 3.63) is 0 Å². The average Bonchev–Trinajstić information content (AvgIpc) is 2.81. The molecule has 1 saturated heterocycles. The SMILES string of the molecule is CN(C1CC1)C1(C(=O)O)CCSC1. The smallest absolute Gasteiger partial charge is 0.325 e. The molecule has 1 heterocycles. The van der Waals surface area contributed by atoms with Crippen LogP contribution >= 0.6 is 11.8 Å². The standard InChI is InChI=1S/C9H15NO2S/c1-10(7-2-3-7)9(8(11)12)4-5-13-6-9/h7H,2-6H2,1H3,(H,11,12). The van der Waals surface area contributed by atoms with Crippen LogP contribution in [-0.4, -0.2) is 46.1 Å². The highest BCUT2D eigenvalue weighted by molar-refractivity contribution is 7.99. The first-order valence-corrected chi connectivity index (χ1v) is 5.86. The van der Waals surface area contributed by atoms with Crippen LogP contribution in [0.1, 0.15) is 19.3 Å². The van der Waals surface area contributed by atoms with Crippen LogP contribution in [0.2, 0.25) is 0 Å². The van der Waals surface area contributed by atoms with Gasteiger partial charge in [-0.05, 0) is 32.1 Å². The molecule has 0 bridgehead atoms. The molecule has 13 heavy (non-hydrogen) atoms. The number of rotatable bonds is 3. The topological polar surface area (TPSA) is 40.5 Å². The molecule has 1 unspecified atom stereocenters. The van der Waals surface area contributed by atoms with Gasteiger partial charge in [-0.2, -0.15) is 11.8 Å². The molecule has 0 aromatic heterocycles. The van der Waals surface area contributed by atoms with Crippen molar-refractivity contribution in [1.29, 1.82) is 0 Å². The summed E-state index contributed by atoms with van der Waals surface area (Å²) >= 11 is 1.76. The van der Waals surface area contributed by atoms with E-state index in [1.807, 2.05) is 7.05 Å². The Balaban J connectivity index is 2.15. The van der Waals surface area contributed by atoms with E-state index in [0.29, 0.717) is 6.04 Å². The third-order valence-electron chi connectivity index (χ3n) is 3.17. The molecule has 1 N–H and O–H groups in total. The second-order valence-corrected chi connectivity index (χ2v) is 5.09. The molecule has 1 aliphatic carbocycles. The largest absolute Gasteiger partial charge is 0.480 e. The zero-order valence-electron chi connectivity index (χ0n) is 7.82. The van der Waals surface area contributed by atoms with Gasteiger partial charge < -0.3 is 5.11 Å². The van der Waals surface area contributed by atoms with Crippen molar-refractivity contribution < 1.29 is 9.90 Å². The summed E-state index contributed by atoms with van der Waals surface area (Å²) in [7, 11) is 1.97. The van der Waals surface area contributed by atoms with Crippen molar-refractivity contribution in [3.8, 4) is 0 Å². The van der Waals surface area contributed by atoms with Gasteiger partial charge in [-0.1, -0.05) is 0 Å². The zero-order chi connectivity index (χ0) is 9.47. The van der Waals surface area contributed by atoms with E-state index in [-0.39, 0.29) is 0 Å². The first-order chi connectivity index (χ1) is 6.17. The molecule has 74 valence electrons. The van der Waals surface area contributed by atoms with E-state index in [1.54, 1.807) is 11.8 Å². The highest BCUT2D eigenvalue weighted by Crippen LogP contribution is 2.39. The summed E-state index contributed by atoms with van der Waals surface area (Å²) in [6.07, 6.45) is 3.16. The van der Waals surface area contributed by atoms with E-state index in [9.17, 15) is 9.90 Å². The Morgan fingerprint density at radius 1 is 1.62 bits per heavy atom. The Kier molecular flexibility index (Phi) is 2.28. The number of aliphatic carboxylic acids is 1. The highest BCUT2D eigenvalue weighted by Gasteiger charge is 2.49. The van der Waals surface area contributed by atoms with Crippen molar-refractivity contribution in [2.75, 3.05) is 18.6 Å². The van der Waals surface area contributed by atoms with Crippen molar-refractivity contribution in [2.45, 2.75) is 30.8 Å². The number of thioether (sulfide) groups is 1. The van der Waals surface area contributed by atoms with Crippen LogP contribution < -0.4 is 0 Å². The predicted molar refractivity (Wildman–Crippen MR) is 53.1 cm³/mol. The normalized spacial score (nSPS) is 34.0. The minimum absolute atomic E-state index is 0.537. The van der Waals surface area contributed by atoms with E-state index in [2.05, 4.69) is 4.90 Å². The third-order valence-corrected chi connectivity index (χ3v) is 4.34. The third kappa shape index (κ3) is 1.46. The summed E-state index contributed by atoms with van der Waals surface area (Å²) in [6.45, 7) is 0. The number of hydrogen-bond donors (Lipinski definition) is 1. The maximum atomic E-state index is 11.2. The van der Waals surface area contributed by atoms with E-state index in [0.717, 1.165) is 17.9 Å². The van der Waals surface area contributed by atoms with Gasteiger partial charge in [0.25, 0.3) is 0 Å². The van der Waals surface area contributed by atoms with Crippen molar-refractivity contribution >= 4 is 17.7 Å². The lowest BCUT2D eigenvalue weighted by molar-refractivity contribution is -0.149. The summed E-state index contributed by atoms with van der Waals surface area (Å²) in [5, 5.41) is 9.26. The molecule has 1 aliphatic heterocycles. The number of carbonyl (C=O) groups is 1. The Bertz CT molecular complexity index is 222. The van der Waals surface area contributed by atoms with Gasteiger partial charge in [0.15, 0.2) is 0 Å². The van der Waals surface area contributed by atoms with Gasteiger partial charge >= 0.3 is 5.97 Å². The molecule has 1 atom stereocenters. The highest BCUT2D eigenvalue weighted by atomic mass is 32.2. The maximum Gasteiger partial charge on any atom is 0.325 e. The van der Waals surface area contributed by atoms with Gasteiger partial charge in [-0.15, -0.1) is 0 Å². The molecular formula is C9H15NO2S. The fraction of sp³-hybridized carbons (Fsp3) is 0.889. The lowest BCUT2D eigenvalue weighted by Crippen LogP contribution is -2.54. The number of carboxylic acid groups (broad SMARTS) is 1. The Morgan fingerprint density at radius 2 is 2.31 bits per heavy atom. The first kappa shape index (κ1) is 9.34. The van der Waals surface area contributed by atoms with Crippen molar-refractivity contribution in [1.82, 2.24) is 4.90 Å². The molecule has 1 saturated carbocycles. The van der Waals surface area contributed by atoms with Gasteiger partial charge in [0, 0.05) is 11.8 Å². The molecule has 0 amide bonds. The molecule has 0 aromatic rings. The van der Waals surface area contributed by atoms with E-state index in [1.165, 1.54) is 12.8 Å². The second kappa shape index (κ2) is 3.17. The van der Waals surface area contributed by atoms with Crippen molar-refractivity contribution in [3.63, 3.8) is 0 Å². The average molecular weight is 201 g/mol. The fourth-order valence-corrected chi connectivity index (χ4v) is 3.40. The number of carboxylic acids is 1. The summed E-state index contributed by atoms with van der Waals surface area (Å²) in [5.74, 6) is 1.12. The van der Waals surface area contributed by atoms with Gasteiger partial charge in [0.1, 0.15) is 5.54 Å². The van der Waals surface area contributed by atoms with E-state index in [4.69, 9.17) is 0 Å². The minimum atomic E-state index is -0.632. The molecule has 0 spiro atoms. The minimum Gasteiger partial charge on any atom is -0.480 e. The van der Waals surface area contributed by atoms with Gasteiger partial charge in [-0.3, -0.25) is 9.69 Å². The van der Waals surface area contributed by atoms with Crippen LogP contribution in [0.15, 0.2) is 0 Å². The van der Waals surface area contributed by atoms with Crippen LogP contribution in [0, 0.1) is 0 Å². The summed E-state index contributed by atoms with van der Waals surface area (Å²) < 4.78 is 0. The Labute approximate surface area is 82.5 Å².